The number of carbonyl (C=O) groups excluding carboxylic acids is 9. The maximum Gasteiger partial charge on any atom is 0.245 e. The largest absolute Gasteiger partial charge is 0.508 e. The van der Waals surface area contributed by atoms with E-state index in [-0.39, 0.29) is 113 Å². The number of nitrogens with two attached hydrogens (primary N) is 5. The summed E-state index contributed by atoms with van der Waals surface area (Å²) in [4.78, 5) is 136. The van der Waals surface area contributed by atoms with Crippen LogP contribution in [0.3, 0.4) is 0 Å². The predicted molar refractivity (Wildman–Crippen MR) is 319 cm³/mol. The molecule has 0 radical (unpaired) electrons. The van der Waals surface area contributed by atoms with Crippen LogP contribution in [0.2, 0.25) is 0 Å². The van der Waals surface area contributed by atoms with Crippen molar-refractivity contribution in [1.82, 2.24) is 42.1 Å². The van der Waals surface area contributed by atoms with Gasteiger partial charge in [0.05, 0.1) is 6.54 Å². The molecule has 1 aliphatic rings. The van der Waals surface area contributed by atoms with Gasteiger partial charge in [-0.2, -0.15) is 0 Å². The smallest absolute Gasteiger partial charge is 0.245 e. The standard InChI is InChI=1S/C59H87N15O10/c1-38(2)33-45(52(60)79)70-53(80)44(22-16-31-67-59(63)64)69-51(78)37-74-32-14-4-3-13-29-65-49(76)23-11-12-24-50(77)68-43(21-15-30-66-58(61)62)54(81)71-47(35-41-25-27-42(75)28-26-41)55(82)72-46(34-39-17-7-5-8-18-39)56(83)73-48(57(74)84)36-40-19-9-6-10-20-40/h5-10,17-20,25-28,38,43-48,75H,3-4,11-16,21-24,29-37H2,1-2H3,(H2,60,79)(H,65,76)(H,68,77)(H,69,78)(H,70,80)(H,71,81)(H,72,82)(H,73,83)(H4,61,62,66)(H4,63,64,67)/t43-,44-,45-,46-,47-,48+/m0/s1. The summed E-state index contributed by atoms with van der Waals surface area (Å²) < 4.78 is 0. The highest BCUT2D eigenvalue weighted by molar-refractivity contribution is 5.97. The van der Waals surface area contributed by atoms with Gasteiger partial charge in [0.15, 0.2) is 11.9 Å². The lowest BCUT2D eigenvalue weighted by Gasteiger charge is -2.30. The number of benzene rings is 3. The van der Waals surface area contributed by atoms with Gasteiger partial charge in [-0.3, -0.25) is 53.1 Å². The van der Waals surface area contributed by atoms with Crippen LogP contribution in [-0.4, -0.2) is 144 Å². The van der Waals surface area contributed by atoms with E-state index in [9.17, 15) is 38.7 Å². The van der Waals surface area contributed by atoms with Crippen molar-refractivity contribution < 1.29 is 48.3 Å². The quantitative estimate of drug-likeness (QED) is 0.0359. The van der Waals surface area contributed by atoms with E-state index in [0.717, 1.165) is 0 Å². The van der Waals surface area contributed by atoms with Gasteiger partial charge in [0.25, 0.3) is 0 Å². The zero-order valence-electron chi connectivity index (χ0n) is 48.3. The van der Waals surface area contributed by atoms with Crippen LogP contribution in [0.15, 0.2) is 94.9 Å². The van der Waals surface area contributed by atoms with Crippen molar-refractivity contribution in [3.05, 3.63) is 102 Å². The molecule has 25 heteroatoms. The highest BCUT2D eigenvalue weighted by Gasteiger charge is 2.35. The topological polar surface area (TPSA) is 416 Å². The number of hydrogen-bond acceptors (Lipinski definition) is 12. The first-order valence-electron chi connectivity index (χ1n) is 28.8. The van der Waals surface area contributed by atoms with Gasteiger partial charge in [0.1, 0.15) is 42.0 Å². The molecule has 25 nitrogen and oxygen atoms in total. The zero-order valence-corrected chi connectivity index (χ0v) is 48.3. The second-order valence-electron chi connectivity index (χ2n) is 21.4. The van der Waals surface area contributed by atoms with Crippen LogP contribution in [0, 0.1) is 5.92 Å². The Morgan fingerprint density at radius 2 is 1.11 bits per heavy atom. The SMILES string of the molecule is CC(C)C[C@H](NC(=O)[C@H](CCCN=C(N)N)NC(=O)CN1CCCCCCNC(=O)CCCCC(=O)N[C@@H](CCCN=C(N)N)C(=O)N[C@@H](Cc2ccc(O)cc2)C(=O)N[C@@H](Cc2ccccc2)C(=O)N[C@H](Cc2ccccc2)C1=O)C(N)=O. The molecule has 1 aliphatic heterocycles. The first-order valence-corrected chi connectivity index (χ1v) is 28.8. The molecule has 0 aromatic heterocycles. The molecule has 0 spiro atoms. The van der Waals surface area contributed by atoms with Gasteiger partial charge in [-0.15, -0.1) is 0 Å². The van der Waals surface area contributed by atoms with Gasteiger partial charge in [-0.1, -0.05) is 99.5 Å². The van der Waals surface area contributed by atoms with Crippen LogP contribution < -0.4 is 65.9 Å². The Labute approximate surface area is 491 Å². The number of carbonyl (C=O) groups is 9. The van der Waals surface area contributed by atoms with Crippen molar-refractivity contribution in [3.63, 3.8) is 0 Å². The lowest BCUT2D eigenvalue weighted by atomic mass is 10.00. The second kappa shape index (κ2) is 36.6. The maximum atomic E-state index is 15.3. The van der Waals surface area contributed by atoms with Crippen LogP contribution in [-0.2, 0) is 62.4 Å². The van der Waals surface area contributed by atoms with E-state index in [2.05, 4.69) is 47.2 Å². The number of hydrogen-bond donors (Lipinski definition) is 13. The summed E-state index contributed by atoms with van der Waals surface area (Å²) in [6.45, 7) is 3.77. The third kappa shape index (κ3) is 26.4. The summed E-state index contributed by atoms with van der Waals surface area (Å²) in [5.74, 6) is -6.23. The van der Waals surface area contributed by atoms with Crippen LogP contribution in [0.5, 0.6) is 5.75 Å². The summed E-state index contributed by atoms with van der Waals surface area (Å²) in [6, 6.07) is 16.1. The number of rotatable bonds is 22. The van der Waals surface area contributed by atoms with Crippen LogP contribution in [0.4, 0.5) is 0 Å². The molecule has 18 N–H and O–H groups in total. The number of aromatic hydroxyl groups is 1. The Morgan fingerprint density at radius 3 is 1.67 bits per heavy atom. The number of guanidine groups is 2. The summed E-state index contributed by atoms with van der Waals surface area (Å²) in [5.41, 5.74) is 29.6. The van der Waals surface area contributed by atoms with E-state index < -0.39 is 90.1 Å². The molecule has 6 atom stereocenters. The molecule has 0 bridgehead atoms. The van der Waals surface area contributed by atoms with Gasteiger partial charge in [0, 0.05) is 58.3 Å². The van der Waals surface area contributed by atoms with Crippen LogP contribution in [0.1, 0.15) is 114 Å². The first-order chi connectivity index (χ1) is 40.2. The van der Waals surface area contributed by atoms with Gasteiger partial charge in [0.2, 0.25) is 53.2 Å². The number of aliphatic imine (C=N–C) groups is 2. The van der Waals surface area contributed by atoms with Crippen LogP contribution in [0.25, 0.3) is 0 Å². The molecule has 84 heavy (non-hydrogen) atoms. The predicted octanol–water partition coefficient (Wildman–Crippen LogP) is 0.0467. The van der Waals surface area contributed by atoms with Gasteiger partial charge in [-0.25, -0.2) is 0 Å². The fourth-order valence-electron chi connectivity index (χ4n) is 9.37. The minimum atomic E-state index is -1.38. The van der Waals surface area contributed by atoms with Gasteiger partial charge >= 0.3 is 0 Å². The Balaban J connectivity index is 1.78. The second-order valence-corrected chi connectivity index (χ2v) is 21.4. The molecule has 1 fully saturated rings. The van der Waals surface area contributed by atoms with E-state index in [0.29, 0.717) is 61.8 Å². The molecule has 0 saturated carbocycles. The number of phenols is 1. The molecule has 0 unspecified atom stereocenters. The van der Waals surface area contributed by atoms with Crippen molar-refractivity contribution in [3.8, 4) is 5.75 Å². The molecule has 1 heterocycles. The van der Waals surface area contributed by atoms with E-state index in [4.69, 9.17) is 28.7 Å². The molecule has 9 amide bonds. The molecule has 0 aliphatic carbocycles. The van der Waals surface area contributed by atoms with Crippen molar-refractivity contribution in [1.29, 1.82) is 0 Å². The number of nitrogens with one attached hydrogen (secondary N) is 7. The third-order valence-corrected chi connectivity index (χ3v) is 13.8. The van der Waals surface area contributed by atoms with Crippen LogP contribution >= 0.6 is 0 Å². The number of phenolic OH excluding ortho intramolecular Hbond substituents is 1. The van der Waals surface area contributed by atoms with Crippen molar-refractivity contribution in [2.24, 2.45) is 44.6 Å². The maximum absolute atomic E-state index is 15.3. The normalized spacial score (nSPS) is 19.2. The molecule has 3 aromatic rings. The van der Waals surface area contributed by atoms with Crippen molar-refractivity contribution in [2.45, 2.75) is 153 Å². The highest BCUT2D eigenvalue weighted by atomic mass is 16.3. The summed E-state index contributed by atoms with van der Waals surface area (Å²) in [5, 5.41) is 29.7. The van der Waals surface area contributed by atoms with E-state index >= 15 is 9.59 Å². The fourth-order valence-corrected chi connectivity index (χ4v) is 9.37. The molecule has 3 aromatic carbocycles. The zero-order chi connectivity index (χ0) is 61.4. The molecular formula is C59H87N15O10. The number of primary amides is 1. The molecule has 4 rings (SSSR count). The average Bonchev–Trinajstić information content (AvgIpc) is 3.66. The Bertz CT molecular complexity index is 2670. The molecule has 458 valence electrons. The van der Waals surface area contributed by atoms with Gasteiger partial charge < -0.3 is 75.9 Å². The summed E-state index contributed by atoms with van der Waals surface area (Å²) in [7, 11) is 0. The highest BCUT2D eigenvalue weighted by Crippen LogP contribution is 2.16. The van der Waals surface area contributed by atoms with Crippen molar-refractivity contribution in [2.75, 3.05) is 32.7 Å². The van der Waals surface area contributed by atoms with E-state index in [1.807, 2.05) is 13.8 Å². The van der Waals surface area contributed by atoms with E-state index in [1.165, 1.54) is 17.0 Å². The summed E-state index contributed by atoms with van der Waals surface area (Å²) >= 11 is 0. The van der Waals surface area contributed by atoms with Crippen molar-refractivity contribution >= 4 is 65.1 Å². The Hall–Kier alpha value is -8.77. The first kappa shape index (κ1) is 67.7. The average molecular weight is 1170 g/mol. The van der Waals surface area contributed by atoms with Gasteiger partial charge in [-0.05, 0) is 92.5 Å². The van der Waals surface area contributed by atoms with E-state index in [1.54, 1.807) is 72.8 Å². The monoisotopic (exact) mass is 1170 g/mol. The Morgan fingerprint density at radius 1 is 0.595 bits per heavy atom. The lowest BCUT2D eigenvalue weighted by Crippen LogP contribution is -2.60. The minimum Gasteiger partial charge on any atom is -0.508 e. The number of amides is 9. The Kier molecular flexibility index (Phi) is 29.5. The number of nitrogens with zero attached hydrogens (tertiary/aromatic N) is 3. The minimum absolute atomic E-state index is 0.00244. The molecule has 1 saturated heterocycles. The molecular weight excluding hydrogens is 1080 g/mol. The fraction of sp³-hybridized carbons (Fsp3) is 0.508. The lowest BCUT2D eigenvalue weighted by molar-refractivity contribution is -0.140. The third-order valence-electron chi connectivity index (χ3n) is 13.8. The summed E-state index contributed by atoms with van der Waals surface area (Å²) in [6.07, 6.45) is 3.56.